The van der Waals surface area contributed by atoms with E-state index >= 15 is 0 Å². The van der Waals surface area contributed by atoms with E-state index in [1.807, 2.05) is 13.8 Å². The standard InChI is InChI=1S/C8H6ClFN2.C2H6/c1-5-8-7(10)6(9)2-3-12(8)4-11-5;1-2/h2-4H,1H3;1-2H3. The summed E-state index contributed by atoms with van der Waals surface area (Å²) in [4.78, 5) is 3.96. The van der Waals surface area contributed by atoms with Crippen LogP contribution in [0, 0.1) is 12.7 Å². The summed E-state index contributed by atoms with van der Waals surface area (Å²) < 4.78 is 14.9. The van der Waals surface area contributed by atoms with Gasteiger partial charge in [-0.3, -0.25) is 0 Å². The Hall–Kier alpha value is -1.09. The van der Waals surface area contributed by atoms with Gasteiger partial charge in [-0.15, -0.1) is 0 Å². The number of pyridine rings is 1. The van der Waals surface area contributed by atoms with Crippen molar-refractivity contribution in [1.29, 1.82) is 0 Å². The van der Waals surface area contributed by atoms with Crippen LogP contribution in [0.1, 0.15) is 19.5 Å². The van der Waals surface area contributed by atoms with Crippen molar-refractivity contribution in [2.75, 3.05) is 0 Å². The Bertz CT molecular complexity index is 437. The third kappa shape index (κ3) is 1.73. The summed E-state index contributed by atoms with van der Waals surface area (Å²) in [5.41, 5.74) is 1.09. The van der Waals surface area contributed by atoms with Gasteiger partial charge in [0.25, 0.3) is 0 Å². The summed E-state index contributed by atoms with van der Waals surface area (Å²) in [5, 5.41) is 0.131. The molecule has 0 spiro atoms. The highest BCUT2D eigenvalue weighted by molar-refractivity contribution is 6.31. The lowest BCUT2D eigenvalue weighted by Gasteiger charge is -1.97. The second-order valence-electron chi connectivity index (χ2n) is 2.56. The number of halogens is 2. The van der Waals surface area contributed by atoms with E-state index in [4.69, 9.17) is 11.6 Å². The predicted molar refractivity (Wildman–Crippen MR) is 56.2 cm³/mol. The van der Waals surface area contributed by atoms with Gasteiger partial charge in [0, 0.05) is 6.20 Å². The third-order valence-corrected chi connectivity index (χ3v) is 2.07. The van der Waals surface area contributed by atoms with Crippen molar-refractivity contribution in [2.24, 2.45) is 0 Å². The first-order chi connectivity index (χ1) is 6.70. The molecule has 76 valence electrons. The highest BCUT2D eigenvalue weighted by Gasteiger charge is 2.08. The minimum Gasteiger partial charge on any atom is -0.303 e. The van der Waals surface area contributed by atoms with E-state index in [0.29, 0.717) is 11.2 Å². The summed E-state index contributed by atoms with van der Waals surface area (Å²) >= 11 is 5.60. The summed E-state index contributed by atoms with van der Waals surface area (Å²) in [7, 11) is 0. The average molecular weight is 215 g/mol. The average Bonchev–Trinajstić information content (AvgIpc) is 2.58. The fourth-order valence-electron chi connectivity index (χ4n) is 1.17. The van der Waals surface area contributed by atoms with Gasteiger partial charge in [-0.05, 0) is 13.0 Å². The largest absolute Gasteiger partial charge is 0.303 e. The first-order valence-corrected chi connectivity index (χ1v) is 4.85. The van der Waals surface area contributed by atoms with Crippen LogP contribution in [0.2, 0.25) is 5.02 Å². The first-order valence-electron chi connectivity index (χ1n) is 4.47. The van der Waals surface area contributed by atoms with Crippen molar-refractivity contribution in [3.05, 3.63) is 35.1 Å². The van der Waals surface area contributed by atoms with Crippen LogP contribution in [0.4, 0.5) is 4.39 Å². The highest BCUT2D eigenvalue weighted by atomic mass is 35.5. The number of nitrogens with zero attached hydrogens (tertiary/aromatic N) is 2. The molecule has 2 rings (SSSR count). The molecule has 0 saturated carbocycles. The molecule has 0 atom stereocenters. The van der Waals surface area contributed by atoms with Crippen LogP contribution in [0.5, 0.6) is 0 Å². The monoisotopic (exact) mass is 214 g/mol. The molecule has 2 aromatic rings. The van der Waals surface area contributed by atoms with Gasteiger partial charge in [0.2, 0.25) is 0 Å². The number of hydrogen-bond acceptors (Lipinski definition) is 1. The lowest BCUT2D eigenvalue weighted by atomic mass is 10.3. The molecule has 2 aromatic heterocycles. The topological polar surface area (TPSA) is 17.3 Å². The molecule has 0 aliphatic rings. The predicted octanol–water partition coefficient (Wildman–Crippen LogP) is 3.46. The smallest absolute Gasteiger partial charge is 0.167 e. The van der Waals surface area contributed by atoms with E-state index in [1.54, 1.807) is 23.8 Å². The van der Waals surface area contributed by atoms with Crippen molar-refractivity contribution in [3.63, 3.8) is 0 Å². The Morgan fingerprint density at radius 3 is 2.71 bits per heavy atom. The first kappa shape index (κ1) is 11.0. The number of aromatic nitrogens is 2. The quantitative estimate of drug-likeness (QED) is 0.657. The Balaban J connectivity index is 0.000000461. The SMILES string of the molecule is CC.Cc1ncn2ccc(Cl)c(F)c12. The van der Waals surface area contributed by atoms with Gasteiger partial charge in [-0.2, -0.15) is 0 Å². The summed E-state index contributed by atoms with van der Waals surface area (Å²) in [6.45, 7) is 5.74. The van der Waals surface area contributed by atoms with E-state index in [-0.39, 0.29) is 5.02 Å². The normalized spacial score (nSPS) is 9.79. The van der Waals surface area contributed by atoms with E-state index in [9.17, 15) is 4.39 Å². The van der Waals surface area contributed by atoms with Gasteiger partial charge in [-0.25, -0.2) is 9.37 Å². The molecular formula is C10H12ClFN2. The molecule has 4 heteroatoms. The fraction of sp³-hybridized carbons (Fsp3) is 0.300. The van der Waals surface area contributed by atoms with E-state index < -0.39 is 5.82 Å². The Morgan fingerprint density at radius 2 is 2.07 bits per heavy atom. The van der Waals surface area contributed by atoms with Crippen LogP contribution < -0.4 is 0 Å². The molecule has 0 bridgehead atoms. The van der Waals surface area contributed by atoms with Crippen LogP contribution >= 0.6 is 11.6 Å². The fourth-order valence-corrected chi connectivity index (χ4v) is 1.32. The van der Waals surface area contributed by atoms with Crippen molar-refractivity contribution in [3.8, 4) is 0 Å². The molecule has 0 radical (unpaired) electrons. The molecular weight excluding hydrogens is 203 g/mol. The zero-order valence-corrected chi connectivity index (χ0v) is 9.14. The Morgan fingerprint density at radius 1 is 1.43 bits per heavy atom. The maximum absolute atomic E-state index is 13.3. The second kappa shape index (κ2) is 4.42. The van der Waals surface area contributed by atoms with Gasteiger partial charge in [-0.1, -0.05) is 25.4 Å². The lowest BCUT2D eigenvalue weighted by Crippen LogP contribution is -1.87. The van der Waals surface area contributed by atoms with Crippen molar-refractivity contribution >= 4 is 17.1 Å². The number of hydrogen-bond donors (Lipinski definition) is 0. The van der Waals surface area contributed by atoms with E-state index in [1.165, 1.54) is 6.07 Å². The Labute approximate surface area is 87.3 Å². The summed E-state index contributed by atoms with van der Waals surface area (Å²) in [6.07, 6.45) is 3.24. The molecule has 0 saturated heterocycles. The molecule has 0 aliphatic heterocycles. The van der Waals surface area contributed by atoms with Crippen LogP contribution in [-0.4, -0.2) is 9.38 Å². The van der Waals surface area contributed by atoms with Gasteiger partial charge >= 0.3 is 0 Å². The number of imidazole rings is 1. The maximum Gasteiger partial charge on any atom is 0.167 e. The lowest BCUT2D eigenvalue weighted by molar-refractivity contribution is 0.633. The minimum atomic E-state index is -0.408. The Kier molecular flexibility index (Phi) is 3.47. The van der Waals surface area contributed by atoms with Gasteiger partial charge < -0.3 is 4.40 Å². The molecule has 0 aliphatic carbocycles. The molecule has 2 heterocycles. The summed E-state index contributed by atoms with van der Waals surface area (Å²) in [5.74, 6) is -0.408. The van der Waals surface area contributed by atoms with Crippen LogP contribution in [0.15, 0.2) is 18.6 Å². The van der Waals surface area contributed by atoms with Crippen LogP contribution in [-0.2, 0) is 0 Å². The molecule has 2 nitrogen and oxygen atoms in total. The maximum atomic E-state index is 13.3. The molecule has 0 fully saturated rings. The highest BCUT2D eigenvalue weighted by Crippen LogP contribution is 2.20. The second-order valence-corrected chi connectivity index (χ2v) is 2.97. The number of aryl methyl sites for hydroxylation is 1. The van der Waals surface area contributed by atoms with Crippen molar-refractivity contribution in [1.82, 2.24) is 9.38 Å². The van der Waals surface area contributed by atoms with Crippen molar-refractivity contribution in [2.45, 2.75) is 20.8 Å². The van der Waals surface area contributed by atoms with Gasteiger partial charge in [0.1, 0.15) is 5.52 Å². The zero-order chi connectivity index (χ0) is 10.7. The zero-order valence-electron chi connectivity index (χ0n) is 8.38. The van der Waals surface area contributed by atoms with Crippen LogP contribution in [0.3, 0.4) is 0 Å². The third-order valence-electron chi connectivity index (χ3n) is 1.78. The summed E-state index contributed by atoms with van der Waals surface area (Å²) in [6, 6.07) is 1.50. The van der Waals surface area contributed by atoms with Crippen LogP contribution in [0.25, 0.3) is 5.52 Å². The minimum absolute atomic E-state index is 0.131. The molecule has 0 amide bonds. The van der Waals surface area contributed by atoms with Gasteiger partial charge in [0.05, 0.1) is 17.0 Å². The number of fused-ring (bicyclic) bond motifs is 1. The molecule has 14 heavy (non-hydrogen) atoms. The van der Waals surface area contributed by atoms with E-state index in [2.05, 4.69) is 4.98 Å². The molecule has 0 unspecified atom stereocenters. The number of rotatable bonds is 0. The molecule has 0 N–H and O–H groups in total. The molecule has 0 aromatic carbocycles. The van der Waals surface area contributed by atoms with Gasteiger partial charge in [0.15, 0.2) is 5.82 Å². The van der Waals surface area contributed by atoms with E-state index in [0.717, 1.165) is 0 Å². The van der Waals surface area contributed by atoms with Crippen molar-refractivity contribution < 1.29 is 4.39 Å².